The molecule has 0 amide bonds. The summed E-state index contributed by atoms with van der Waals surface area (Å²) in [6.45, 7) is 7.45. The van der Waals surface area contributed by atoms with Gasteiger partial charge in [0, 0.05) is 6.42 Å². The quantitative estimate of drug-likeness (QED) is 0.607. The SMILES string of the molecule is C.C=C(C)c1ccccc1.CC1(c2ccccc2)CC1(F)F. The van der Waals surface area contributed by atoms with Crippen molar-refractivity contribution in [2.45, 2.75) is 39.0 Å². The highest BCUT2D eigenvalue weighted by atomic mass is 19.3. The fourth-order valence-corrected chi connectivity index (χ4v) is 2.24. The van der Waals surface area contributed by atoms with Crippen molar-refractivity contribution in [3.05, 3.63) is 78.4 Å². The molecule has 0 N–H and O–H groups in total. The largest absolute Gasteiger partial charge is 0.258 e. The van der Waals surface area contributed by atoms with Crippen LogP contribution >= 0.6 is 0 Å². The first-order chi connectivity index (χ1) is 9.87. The molecule has 0 bridgehead atoms. The maximum atomic E-state index is 12.9. The summed E-state index contributed by atoms with van der Waals surface area (Å²) in [5.74, 6) is -2.49. The fraction of sp³-hybridized carbons (Fsp3) is 0.300. The van der Waals surface area contributed by atoms with Gasteiger partial charge < -0.3 is 0 Å². The Labute approximate surface area is 132 Å². The number of hydrogen-bond acceptors (Lipinski definition) is 0. The molecule has 2 aromatic rings. The van der Waals surface area contributed by atoms with Crippen LogP contribution in [0.1, 0.15) is 38.8 Å². The van der Waals surface area contributed by atoms with Crippen molar-refractivity contribution in [3.8, 4) is 0 Å². The van der Waals surface area contributed by atoms with E-state index in [1.165, 1.54) is 5.56 Å². The van der Waals surface area contributed by atoms with Crippen LogP contribution in [0, 0.1) is 0 Å². The normalized spacial score (nSPS) is 20.9. The topological polar surface area (TPSA) is 0 Å². The first-order valence-electron chi connectivity index (χ1n) is 7.01. The molecule has 1 aliphatic carbocycles. The van der Waals surface area contributed by atoms with Gasteiger partial charge in [-0.05, 0) is 25.0 Å². The second kappa shape index (κ2) is 6.87. The summed E-state index contributed by atoms with van der Waals surface area (Å²) in [4.78, 5) is 0. The van der Waals surface area contributed by atoms with Gasteiger partial charge in [0.15, 0.2) is 0 Å². The molecular formula is C20H24F2. The van der Waals surface area contributed by atoms with Crippen LogP contribution in [0.5, 0.6) is 0 Å². The van der Waals surface area contributed by atoms with Gasteiger partial charge in [-0.2, -0.15) is 0 Å². The Hall–Kier alpha value is -1.96. The van der Waals surface area contributed by atoms with E-state index in [9.17, 15) is 8.78 Å². The molecule has 0 radical (unpaired) electrons. The van der Waals surface area contributed by atoms with Gasteiger partial charge in [-0.25, -0.2) is 8.78 Å². The summed E-state index contributed by atoms with van der Waals surface area (Å²) >= 11 is 0. The standard InChI is InChI=1S/C10H10F2.C9H10.CH4/c1-9(7-10(9,11)12)8-5-3-2-4-6-8;1-8(2)9-6-4-3-5-7-9;/h2-6H,7H2,1H3;3-7H,1H2,2H3;1H4. The zero-order valence-corrected chi connectivity index (χ0v) is 12.4. The monoisotopic (exact) mass is 302 g/mol. The van der Waals surface area contributed by atoms with Crippen LogP contribution in [0.4, 0.5) is 8.78 Å². The number of rotatable bonds is 2. The Bertz CT molecular complexity index is 602. The number of halogens is 2. The van der Waals surface area contributed by atoms with Crippen LogP contribution < -0.4 is 0 Å². The molecule has 0 heterocycles. The number of hydrogen-bond donors (Lipinski definition) is 0. The third-order valence-electron chi connectivity index (χ3n) is 3.94. The smallest absolute Gasteiger partial charge is 0.206 e. The maximum Gasteiger partial charge on any atom is 0.258 e. The molecule has 0 saturated heterocycles. The molecule has 118 valence electrons. The molecule has 3 rings (SSSR count). The van der Waals surface area contributed by atoms with Crippen LogP contribution in [0.25, 0.3) is 5.57 Å². The number of alkyl halides is 2. The average molecular weight is 302 g/mol. The molecule has 1 unspecified atom stereocenters. The Kier molecular flexibility index (Phi) is 5.65. The fourth-order valence-electron chi connectivity index (χ4n) is 2.24. The third kappa shape index (κ3) is 3.82. The molecule has 1 atom stereocenters. The van der Waals surface area contributed by atoms with Crippen molar-refractivity contribution in [1.82, 2.24) is 0 Å². The molecule has 1 saturated carbocycles. The van der Waals surface area contributed by atoms with Crippen molar-refractivity contribution in [3.63, 3.8) is 0 Å². The van der Waals surface area contributed by atoms with Gasteiger partial charge in [-0.3, -0.25) is 0 Å². The Morgan fingerprint density at radius 2 is 1.36 bits per heavy atom. The molecule has 1 fully saturated rings. The maximum absolute atomic E-state index is 12.9. The van der Waals surface area contributed by atoms with E-state index in [1.54, 1.807) is 31.2 Å². The summed E-state index contributed by atoms with van der Waals surface area (Å²) in [6, 6.07) is 19.1. The van der Waals surface area contributed by atoms with Crippen molar-refractivity contribution in [2.24, 2.45) is 0 Å². The lowest BCUT2D eigenvalue weighted by molar-refractivity contribution is 0.0920. The highest BCUT2D eigenvalue weighted by Gasteiger charge is 2.68. The molecular weight excluding hydrogens is 278 g/mol. The summed E-state index contributed by atoms with van der Waals surface area (Å²) < 4.78 is 25.7. The van der Waals surface area contributed by atoms with E-state index in [4.69, 9.17) is 0 Å². The van der Waals surface area contributed by atoms with Crippen LogP contribution in [0.2, 0.25) is 0 Å². The van der Waals surface area contributed by atoms with Crippen molar-refractivity contribution < 1.29 is 8.78 Å². The van der Waals surface area contributed by atoms with E-state index < -0.39 is 11.3 Å². The molecule has 0 aliphatic heterocycles. The third-order valence-corrected chi connectivity index (χ3v) is 3.94. The summed E-state index contributed by atoms with van der Waals surface area (Å²) in [5.41, 5.74) is 2.19. The predicted molar refractivity (Wildman–Crippen MR) is 91.2 cm³/mol. The Balaban J connectivity index is 0.000000219. The summed E-state index contributed by atoms with van der Waals surface area (Å²) in [5, 5.41) is 0. The highest BCUT2D eigenvalue weighted by molar-refractivity contribution is 5.60. The molecule has 0 spiro atoms. The van der Waals surface area contributed by atoms with Crippen LogP contribution in [-0.4, -0.2) is 5.92 Å². The van der Waals surface area contributed by atoms with Crippen LogP contribution in [-0.2, 0) is 5.41 Å². The lowest BCUT2D eigenvalue weighted by Gasteiger charge is -2.09. The van der Waals surface area contributed by atoms with Gasteiger partial charge in [0.2, 0.25) is 0 Å². The molecule has 22 heavy (non-hydrogen) atoms. The van der Waals surface area contributed by atoms with E-state index in [0.29, 0.717) is 0 Å². The summed E-state index contributed by atoms with van der Waals surface area (Å²) in [6.07, 6.45) is -0.00991. The van der Waals surface area contributed by atoms with Gasteiger partial charge in [-0.1, -0.05) is 80.2 Å². The lowest BCUT2D eigenvalue weighted by Crippen LogP contribution is -2.10. The minimum atomic E-state index is -2.49. The number of benzene rings is 2. The van der Waals surface area contributed by atoms with E-state index in [2.05, 4.69) is 18.7 Å². The van der Waals surface area contributed by atoms with E-state index in [1.807, 2.05) is 31.2 Å². The lowest BCUT2D eigenvalue weighted by atomic mass is 9.98. The second-order valence-corrected chi connectivity index (χ2v) is 5.73. The van der Waals surface area contributed by atoms with Crippen molar-refractivity contribution in [2.75, 3.05) is 0 Å². The average Bonchev–Trinajstić information content (AvgIpc) is 3.01. The summed E-state index contributed by atoms with van der Waals surface area (Å²) in [7, 11) is 0. The Morgan fingerprint density at radius 1 is 0.955 bits per heavy atom. The van der Waals surface area contributed by atoms with Crippen LogP contribution in [0.15, 0.2) is 67.2 Å². The minimum Gasteiger partial charge on any atom is -0.206 e. The molecule has 2 aromatic carbocycles. The molecule has 2 heteroatoms. The first-order valence-corrected chi connectivity index (χ1v) is 7.01. The van der Waals surface area contributed by atoms with E-state index in [0.717, 1.165) is 11.1 Å². The molecule has 0 aromatic heterocycles. The van der Waals surface area contributed by atoms with Gasteiger partial charge in [0.1, 0.15) is 0 Å². The van der Waals surface area contributed by atoms with E-state index >= 15 is 0 Å². The van der Waals surface area contributed by atoms with Gasteiger partial charge >= 0.3 is 0 Å². The highest BCUT2D eigenvalue weighted by Crippen LogP contribution is 2.61. The van der Waals surface area contributed by atoms with Crippen LogP contribution in [0.3, 0.4) is 0 Å². The zero-order valence-electron chi connectivity index (χ0n) is 12.4. The molecule has 1 aliphatic rings. The minimum absolute atomic E-state index is 0. The predicted octanol–water partition coefficient (Wildman–Crippen LogP) is 6.34. The van der Waals surface area contributed by atoms with Gasteiger partial charge in [-0.15, -0.1) is 0 Å². The van der Waals surface area contributed by atoms with Crippen molar-refractivity contribution >= 4 is 5.57 Å². The first kappa shape index (κ1) is 18.1. The zero-order chi connectivity index (χ0) is 15.5. The second-order valence-electron chi connectivity index (χ2n) is 5.73. The van der Waals surface area contributed by atoms with E-state index in [-0.39, 0.29) is 13.8 Å². The van der Waals surface area contributed by atoms with Crippen molar-refractivity contribution in [1.29, 1.82) is 0 Å². The van der Waals surface area contributed by atoms with Gasteiger partial charge in [0.25, 0.3) is 5.92 Å². The van der Waals surface area contributed by atoms with Gasteiger partial charge in [0.05, 0.1) is 5.41 Å². The molecule has 0 nitrogen and oxygen atoms in total. The number of allylic oxidation sites excluding steroid dienone is 1. The Morgan fingerprint density at radius 3 is 1.68 bits per heavy atom.